The third kappa shape index (κ3) is 3.52. The lowest BCUT2D eigenvalue weighted by atomic mass is 9.77. The van der Waals surface area contributed by atoms with Crippen LogP contribution in [0.1, 0.15) is 52.9 Å². The van der Waals surface area contributed by atoms with Crippen molar-refractivity contribution in [2.45, 2.75) is 52.9 Å². The predicted molar refractivity (Wildman–Crippen MR) is 90.9 cm³/mol. The van der Waals surface area contributed by atoms with Gasteiger partial charge in [0.1, 0.15) is 0 Å². The molecule has 1 unspecified atom stereocenters. The van der Waals surface area contributed by atoms with E-state index >= 15 is 0 Å². The maximum atomic E-state index is 12.3. The number of fused-ring (bicyclic) bond motifs is 2. The monoisotopic (exact) mass is 312 g/mol. The average molecular weight is 312 g/mol. The van der Waals surface area contributed by atoms with Crippen LogP contribution in [0.15, 0.2) is 40.1 Å². The van der Waals surface area contributed by atoms with Gasteiger partial charge in [0.2, 0.25) is 5.91 Å². The van der Waals surface area contributed by atoms with Gasteiger partial charge in [-0.2, -0.15) is 0 Å². The maximum Gasteiger partial charge on any atom is 0.251 e. The molecule has 4 heteroatoms. The summed E-state index contributed by atoms with van der Waals surface area (Å²) in [6, 6.07) is 0. The lowest BCUT2D eigenvalue weighted by molar-refractivity contribution is -0.119. The van der Waals surface area contributed by atoms with Crippen LogP contribution in [-0.4, -0.2) is 17.5 Å². The van der Waals surface area contributed by atoms with Crippen LogP contribution in [0.3, 0.4) is 0 Å². The number of rotatable bonds is 1. The van der Waals surface area contributed by atoms with Crippen LogP contribution < -0.4 is 5.32 Å². The zero-order chi connectivity index (χ0) is 16.6. The van der Waals surface area contributed by atoms with Crippen molar-refractivity contribution in [2.24, 2.45) is 16.3 Å². The van der Waals surface area contributed by atoms with Gasteiger partial charge in [0.15, 0.2) is 0 Å². The van der Waals surface area contributed by atoms with Crippen molar-refractivity contribution in [3.63, 3.8) is 0 Å². The van der Waals surface area contributed by atoms with E-state index in [1.165, 1.54) is 5.57 Å². The number of carbonyl (C=O) groups excluding carboxylic acids is 2. The molecule has 4 nitrogen and oxygen atoms in total. The summed E-state index contributed by atoms with van der Waals surface area (Å²) in [5.74, 6) is 0.0599. The maximum absolute atomic E-state index is 12.3. The Morgan fingerprint density at radius 3 is 2.78 bits per heavy atom. The van der Waals surface area contributed by atoms with E-state index in [9.17, 15) is 9.59 Å². The van der Waals surface area contributed by atoms with Gasteiger partial charge in [-0.25, -0.2) is 4.99 Å². The molecule has 23 heavy (non-hydrogen) atoms. The molecule has 1 heterocycles. The number of aliphatic imine (C=N–C) groups is 1. The molecule has 0 saturated carbocycles. The second-order valence-electron chi connectivity index (χ2n) is 7.77. The van der Waals surface area contributed by atoms with Crippen LogP contribution in [0.2, 0.25) is 0 Å². The van der Waals surface area contributed by atoms with Crippen molar-refractivity contribution >= 4 is 17.5 Å². The van der Waals surface area contributed by atoms with E-state index in [1.807, 2.05) is 32.9 Å². The summed E-state index contributed by atoms with van der Waals surface area (Å²) in [7, 11) is 0. The Morgan fingerprint density at radius 2 is 2.04 bits per heavy atom. The lowest BCUT2D eigenvalue weighted by Gasteiger charge is -2.33. The number of amides is 2. The second kappa shape index (κ2) is 5.91. The summed E-state index contributed by atoms with van der Waals surface area (Å²) in [5, 5.41) is 2.99. The highest BCUT2D eigenvalue weighted by atomic mass is 16.2. The molecule has 2 amide bonds. The van der Waals surface area contributed by atoms with Crippen molar-refractivity contribution in [1.29, 1.82) is 0 Å². The highest BCUT2D eigenvalue weighted by molar-refractivity contribution is 6.11. The van der Waals surface area contributed by atoms with Crippen LogP contribution >= 0.6 is 0 Å². The second-order valence-corrected chi connectivity index (χ2v) is 7.77. The minimum Gasteiger partial charge on any atom is -0.325 e. The third-order valence-electron chi connectivity index (χ3n) is 4.45. The Labute approximate surface area is 137 Å². The fourth-order valence-electron chi connectivity index (χ4n) is 3.46. The summed E-state index contributed by atoms with van der Waals surface area (Å²) < 4.78 is 0. The zero-order valence-corrected chi connectivity index (χ0v) is 14.1. The highest BCUT2D eigenvalue weighted by Crippen LogP contribution is 2.38. The molecule has 0 spiro atoms. The van der Waals surface area contributed by atoms with Gasteiger partial charge in [0, 0.05) is 23.6 Å². The SMILES string of the molecule is CC(C)(C)CC(=O)N=C1C=CC2C(=C1)NC(=O)C1=C2CCCC1. The number of nitrogens with zero attached hydrogens (tertiary/aromatic N) is 1. The topological polar surface area (TPSA) is 58.5 Å². The molecule has 3 rings (SSSR count). The summed E-state index contributed by atoms with van der Waals surface area (Å²) in [6.07, 6.45) is 10.4. The molecule has 1 atom stereocenters. The van der Waals surface area contributed by atoms with E-state index in [1.54, 1.807) is 0 Å². The van der Waals surface area contributed by atoms with Gasteiger partial charge in [-0.1, -0.05) is 26.8 Å². The summed E-state index contributed by atoms with van der Waals surface area (Å²) in [6.45, 7) is 6.07. The molecule has 1 aliphatic heterocycles. The predicted octanol–water partition coefficient (Wildman–Crippen LogP) is 3.46. The molecule has 0 radical (unpaired) electrons. The molecule has 0 bridgehead atoms. The van der Waals surface area contributed by atoms with Gasteiger partial charge in [-0.05, 0) is 48.8 Å². The number of nitrogens with one attached hydrogen (secondary N) is 1. The Morgan fingerprint density at radius 1 is 1.30 bits per heavy atom. The first kappa shape index (κ1) is 15.9. The number of carbonyl (C=O) groups is 2. The Balaban J connectivity index is 1.83. The minimum absolute atomic E-state index is 0.0258. The molecule has 0 fully saturated rings. The van der Waals surface area contributed by atoms with E-state index in [0.717, 1.165) is 37.0 Å². The van der Waals surface area contributed by atoms with Gasteiger partial charge in [-0.3, -0.25) is 9.59 Å². The fourth-order valence-corrected chi connectivity index (χ4v) is 3.46. The van der Waals surface area contributed by atoms with Gasteiger partial charge in [-0.15, -0.1) is 0 Å². The van der Waals surface area contributed by atoms with Crippen molar-refractivity contribution in [2.75, 3.05) is 0 Å². The summed E-state index contributed by atoms with van der Waals surface area (Å²) in [4.78, 5) is 28.5. The standard InChI is InChI=1S/C19H24N2O2/c1-19(2,3)11-17(22)20-12-8-9-14-13-6-4-5-7-15(13)18(23)21-16(14)10-12/h8-10,14H,4-7,11H2,1-3H3,(H,21,23). The van der Waals surface area contributed by atoms with E-state index < -0.39 is 0 Å². The Kier molecular flexibility index (Phi) is 4.09. The highest BCUT2D eigenvalue weighted by Gasteiger charge is 2.33. The van der Waals surface area contributed by atoms with Gasteiger partial charge in [0.05, 0.1) is 5.71 Å². The number of hydrogen-bond acceptors (Lipinski definition) is 2. The Hall–Kier alpha value is -1.97. The molecule has 3 aliphatic rings. The van der Waals surface area contributed by atoms with Crippen LogP contribution in [0.25, 0.3) is 0 Å². The fraction of sp³-hybridized carbons (Fsp3) is 0.526. The van der Waals surface area contributed by atoms with Gasteiger partial charge >= 0.3 is 0 Å². The quantitative estimate of drug-likeness (QED) is 0.806. The molecule has 0 aromatic rings. The first-order chi connectivity index (χ1) is 10.8. The van der Waals surface area contributed by atoms with Crippen LogP contribution in [0, 0.1) is 11.3 Å². The zero-order valence-electron chi connectivity index (χ0n) is 14.1. The normalized spacial score (nSPS) is 25.7. The molecule has 1 N–H and O–H groups in total. The van der Waals surface area contributed by atoms with Gasteiger partial charge in [0.25, 0.3) is 5.91 Å². The molecule has 0 aromatic heterocycles. The minimum atomic E-state index is -0.118. The van der Waals surface area contributed by atoms with Crippen molar-refractivity contribution < 1.29 is 9.59 Å². The molecular weight excluding hydrogens is 288 g/mol. The van der Waals surface area contributed by atoms with Crippen LogP contribution in [-0.2, 0) is 9.59 Å². The number of hydrogen-bond donors (Lipinski definition) is 1. The van der Waals surface area contributed by atoms with Crippen LogP contribution in [0.5, 0.6) is 0 Å². The first-order valence-corrected chi connectivity index (χ1v) is 8.38. The van der Waals surface area contributed by atoms with E-state index in [2.05, 4.69) is 16.4 Å². The number of allylic oxidation sites excluding steroid dienone is 3. The summed E-state index contributed by atoms with van der Waals surface area (Å²) in [5.41, 5.74) is 3.64. The van der Waals surface area contributed by atoms with E-state index in [4.69, 9.17) is 0 Å². The largest absolute Gasteiger partial charge is 0.325 e. The molecule has 0 aromatic carbocycles. The lowest BCUT2D eigenvalue weighted by Crippen LogP contribution is -2.37. The van der Waals surface area contributed by atoms with Gasteiger partial charge < -0.3 is 5.32 Å². The molecule has 2 aliphatic carbocycles. The Bertz CT molecular complexity index is 672. The van der Waals surface area contributed by atoms with Crippen molar-refractivity contribution in [3.8, 4) is 0 Å². The smallest absolute Gasteiger partial charge is 0.251 e. The first-order valence-electron chi connectivity index (χ1n) is 8.38. The van der Waals surface area contributed by atoms with E-state index in [0.29, 0.717) is 12.1 Å². The molecule has 122 valence electrons. The van der Waals surface area contributed by atoms with Crippen molar-refractivity contribution in [1.82, 2.24) is 5.32 Å². The van der Waals surface area contributed by atoms with E-state index in [-0.39, 0.29) is 23.1 Å². The summed E-state index contributed by atoms with van der Waals surface area (Å²) >= 11 is 0. The van der Waals surface area contributed by atoms with Crippen molar-refractivity contribution in [3.05, 3.63) is 35.1 Å². The molecule has 0 saturated heterocycles. The molecular formula is C19H24N2O2. The third-order valence-corrected chi connectivity index (χ3v) is 4.45. The average Bonchev–Trinajstić information content (AvgIpc) is 2.45. The van der Waals surface area contributed by atoms with Crippen LogP contribution in [0.4, 0.5) is 0 Å².